The average molecular weight is 192 g/mol. The second-order valence-electron chi connectivity index (χ2n) is 2.99. The normalized spacial score (nSPS) is 10.6. The maximum absolute atomic E-state index is 10.2. The molecule has 0 aliphatic carbocycles. The lowest BCUT2D eigenvalue weighted by Crippen LogP contribution is -1.93. The summed E-state index contributed by atoms with van der Waals surface area (Å²) in [7, 11) is 0. The molecule has 4 nitrogen and oxygen atoms in total. The predicted octanol–water partition coefficient (Wildman–Crippen LogP) is 1.46. The van der Waals surface area contributed by atoms with Gasteiger partial charge in [-0.05, 0) is 30.7 Å². The second-order valence-corrected chi connectivity index (χ2v) is 2.99. The quantitative estimate of drug-likeness (QED) is 0.760. The van der Waals surface area contributed by atoms with Gasteiger partial charge < -0.3 is 10.8 Å². The summed E-state index contributed by atoms with van der Waals surface area (Å²) in [6.45, 7) is 1.91. The van der Waals surface area contributed by atoms with Crippen molar-refractivity contribution in [1.29, 1.82) is 0 Å². The van der Waals surface area contributed by atoms with Gasteiger partial charge in [-0.3, -0.25) is 4.79 Å². The molecule has 4 heteroatoms. The van der Waals surface area contributed by atoms with Crippen LogP contribution in [-0.2, 0) is 4.79 Å². The summed E-state index contributed by atoms with van der Waals surface area (Å²) >= 11 is 0. The third kappa shape index (κ3) is 3.26. The number of anilines is 1. The minimum absolute atomic E-state index is 0.00444. The number of rotatable bonds is 3. The fourth-order valence-corrected chi connectivity index (χ4v) is 1.09. The van der Waals surface area contributed by atoms with E-state index in [1.807, 2.05) is 13.0 Å². The van der Waals surface area contributed by atoms with Crippen LogP contribution in [0.2, 0.25) is 0 Å². The summed E-state index contributed by atoms with van der Waals surface area (Å²) in [5.74, 6) is -0.415. The number of nitrogen functional groups attached to an aromatic ring is 1. The van der Waals surface area contributed by atoms with Crippen LogP contribution in [0.4, 0.5) is 5.82 Å². The molecule has 0 saturated carbocycles. The second kappa shape index (κ2) is 4.41. The molecule has 1 aromatic heterocycles. The van der Waals surface area contributed by atoms with Crippen LogP contribution in [0.5, 0.6) is 0 Å². The Morgan fingerprint density at radius 1 is 1.64 bits per heavy atom. The number of aromatic nitrogens is 1. The molecular weight excluding hydrogens is 180 g/mol. The van der Waals surface area contributed by atoms with Crippen molar-refractivity contribution in [3.05, 3.63) is 29.5 Å². The molecule has 0 radical (unpaired) electrons. The van der Waals surface area contributed by atoms with E-state index >= 15 is 0 Å². The highest BCUT2D eigenvalue weighted by atomic mass is 16.4. The number of carbonyl (C=O) groups is 1. The zero-order valence-electron chi connectivity index (χ0n) is 7.90. The van der Waals surface area contributed by atoms with Crippen LogP contribution < -0.4 is 5.73 Å². The number of carboxylic acids is 1. The van der Waals surface area contributed by atoms with E-state index < -0.39 is 5.97 Å². The van der Waals surface area contributed by atoms with Crippen molar-refractivity contribution in [3.63, 3.8) is 0 Å². The maximum atomic E-state index is 10.2. The Kier molecular flexibility index (Phi) is 3.23. The van der Waals surface area contributed by atoms with Crippen molar-refractivity contribution in [3.8, 4) is 0 Å². The van der Waals surface area contributed by atoms with Gasteiger partial charge in [-0.1, -0.05) is 6.08 Å². The number of hydrogen-bond acceptors (Lipinski definition) is 3. The zero-order valence-corrected chi connectivity index (χ0v) is 7.90. The van der Waals surface area contributed by atoms with Crippen LogP contribution in [0.1, 0.15) is 17.7 Å². The molecule has 0 aromatic carbocycles. The van der Waals surface area contributed by atoms with Gasteiger partial charge in [-0.25, -0.2) is 4.98 Å². The minimum atomic E-state index is -0.859. The highest BCUT2D eigenvalue weighted by molar-refractivity contribution is 5.70. The van der Waals surface area contributed by atoms with E-state index in [9.17, 15) is 4.79 Å². The highest BCUT2D eigenvalue weighted by Gasteiger charge is 1.94. The molecule has 3 N–H and O–H groups in total. The van der Waals surface area contributed by atoms with Crippen molar-refractivity contribution in [1.82, 2.24) is 4.98 Å². The van der Waals surface area contributed by atoms with Crippen LogP contribution in [0, 0.1) is 6.92 Å². The first kappa shape index (κ1) is 10.2. The zero-order chi connectivity index (χ0) is 10.6. The Morgan fingerprint density at radius 2 is 2.36 bits per heavy atom. The lowest BCUT2D eigenvalue weighted by molar-refractivity contribution is -0.135. The molecular formula is C10H12N2O2. The van der Waals surface area contributed by atoms with Crippen molar-refractivity contribution in [2.75, 3.05) is 5.73 Å². The van der Waals surface area contributed by atoms with E-state index in [4.69, 9.17) is 10.8 Å². The first-order valence-electron chi connectivity index (χ1n) is 4.20. The number of pyridine rings is 1. The van der Waals surface area contributed by atoms with Crippen molar-refractivity contribution in [2.45, 2.75) is 13.3 Å². The molecule has 0 saturated heterocycles. The summed E-state index contributed by atoms with van der Waals surface area (Å²) in [6, 6.07) is 3.60. The van der Waals surface area contributed by atoms with Crippen molar-refractivity contribution >= 4 is 17.9 Å². The first-order chi connectivity index (χ1) is 6.58. The number of aryl methyl sites for hydroxylation is 1. The molecule has 74 valence electrons. The smallest absolute Gasteiger partial charge is 0.307 e. The topological polar surface area (TPSA) is 76.2 Å². The van der Waals surface area contributed by atoms with Gasteiger partial charge in [0, 0.05) is 0 Å². The van der Waals surface area contributed by atoms with E-state index in [-0.39, 0.29) is 6.42 Å². The molecule has 1 rings (SSSR count). The summed E-state index contributed by atoms with van der Waals surface area (Å²) in [4.78, 5) is 14.3. The van der Waals surface area contributed by atoms with Gasteiger partial charge in [-0.2, -0.15) is 0 Å². The number of nitrogens with zero attached hydrogens (tertiary/aromatic N) is 1. The largest absolute Gasteiger partial charge is 0.481 e. The van der Waals surface area contributed by atoms with Gasteiger partial charge in [0.25, 0.3) is 0 Å². The number of nitrogens with two attached hydrogens (primary N) is 1. The fourth-order valence-electron chi connectivity index (χ4n) is 1.09. The third-order valence-electron chi connectivity index (χ3n) is 1.59. The standard InChI is InChI=1S/C10H12N2O2/c1-7-5-8(12-9(11)6-7)3-2-4-10(13)14/h2-3,5-6H,4H2,1H3,(H2,11,12)(H,13,14). The Morgan fingerprint density at radius 3 is 2.93 bits per heavy atom. The lowest BCUT2D eigenvalue weighted by atomic mass is 10.2. The van der Waals surface area contributed by atoms with E-state index in [1.165, 1.54) is 0 Å². The number of hydrogen-bond donors (Lipinski definition) is 2. The Labute approximate surface area is 82.1 Å². The SMILES string of the molecule is Cc1cc(N)nc(C=CCC(=O)O)c1. The van der Waals surface area contributed by atoms with Gasteiger partial charge in [0.2, 0.25) is 0 Å². The maximum Gasteiger partial charge on any atom is 0.307 e. The molecule has 0 aliphatic heterocycles. The molecule has 14 heavy (non-hydrogen) atoms. The predicted molar refractivity (Wildman–Crippen MR) is 54.7 cm³/mol. The molecule has 0 atom stereocenters. The molecule has 0 amide bonds. The van der Waals surface area contributed by atoms with Crippen LogP contribution in [0.15, 0.2) is 18.2 Å². The van der Waals surface area contributed by atoms with E-state index in [0.717, 1.165) is 5.56 Å². The van der Waals surface area contributed by atoms with E-state index in [1.54, 1.807) is 18.2 Å². The minimum Gasteiger partial charge on any atom is -0.481 e. The Hall–Kier alpha value is -1.84. The molecule has 0 unspecified atom stereocenters. The molecule has 1 heterocycles. The third-order valence-corrected chi connectivity index (χ3v) is 1.59. The highest BCUT2D eigenvalue weighted by Crippen LogP contribution is 2.07. The Bertz CT molecular complexity index is 352. The van der Waals surface area contributed by atoms with Gasteiger partial charge in [0.15, 0.2) is 0 Å². The summed E-state index contributed by atoms with van der Waals surface area (Å²) in [5.41, 5.74) is 7.22. The van der Waals surface area contributed by atoms with Gasteiger partial charge in [-0.15, -0.1) is 0 Å². The molecule has 0 spiro atoms. The van der Waals surface area contributed by atoms with E-state index in [0.29, 0.717) is 11.5 Å². The summed E-state index contributed by atoms with van der Waals surface area (Å²) < 4.78 is 0. The molecule has 0 bridgehead atoms. The Balaban J connectivity index is 2.76. The van der Waals surface area contributed by atoms with Crippen molar-refractivity contribution in [2.24, 2.45) is 0 Å². The van der Waals surface area contributed by atoms with Crippen molar-refractivity contribution < 1.29 is 9.90 Å². The number of aliphatic carboxylic acids is 1. The lowest BCUT2D eigenvalue weighted by Gasteiger charge is -1.98. The van der Waals surface area contributed by atoms with E-state index in [2.05, 4.69) is 4.98 Å². The average Bonchev–Trinajstić information content (AvgIpc) is 2.01. The van der Waals surface area contributed by atoms with Gasteiger partial charge in [0.1, 0.15) is 5.82 Å². The first-order valence-corrected chi connectivity index (χ1v) is 4.20. The van der Waals surface area contributed by atoms with Gasteiger partial charge >= 0.3 is 5.97 Å². The molecule has 1 aromatic rings. The summed E-state index contributed by atoms with van der Waals surface area (Å²) in [6.07, 6.45) is 3.19. The van der Waals surface area contributed by atoms with Gasteiger partial charge in [0.05, 0.1) is 12.1 Å². The monoisotopic (exact) mass is 192 g/mol. The fraction of sp³-hybridized carbons (Fsp3) is 0.200. The van der Waals surface area contributed by atoms with Crippen LogP contribution in [0.25, 0.3) is 6.08 Å². The van der Waals surface area contributed by atoms with Crippen LogP contribution >= 0.6 is 0 Å². The molecule has 0 aliphatic rings. The molecule has 0 fully saturated rings. The summed E-state index contributed by atoms with van der Waals surface area (Å²) in [5, 5.41) is 8.40. The number of carboxylic acid groups (broad SMARTS) is 1. The van der Waals surface area contributed by atoms with Crippen LogP contribution in [-0.4, -0.2) is 16.1 Å². The van der Waals surface area contributed by atoms with Crippen LogP contribution in [0.3, 0.4) is 0 Å².